The molecule has 0 unspecified atom stereocenters. The molecule has 2 aliphatic carbocycles. The number of fused-ring (bicyclic) bond motifs is 1. The molecule has 0 aliphatic heterocycles. The second-order valence-corrected chi connectivity index (χ2v) is 16.8. The fourth-order valence-corrected chi connectivity index (χ4v) is 8.60. The number of aliphatic hydroxyl groups is 1. The molecule has 64 heavy (non-hydrogen) atoms. The number of unbranched alkanes of at least 4 members (excludes halogenated alkanes) is 3. The van der Waals surface area contributed by atoms with Gasteiger partial charge in [-0.25, -0.2) is 14.8 Å². The number of hydrogen-bond acceptors (Lipinski definition) is 16. The lowest BCUT2D eigenvalue weighted by molar-refractivity contribution is -0.149. The lowest BCUT2D eigenvalue weighted by atomic mass is 9.82. The maximum absolute atomic E-state index is 13.5. The quantitative estimate of drug-likeness (QED) is 0.0211. The van der Waals surface area contributed by atoms with E-state index in [0.29, 0.717) is 86.8 Å². The van der Waals surface area contributed by atoms with Crippen molar-refractivity contribution in [1.29, 1.82) is 0 Å². The molecule has 2 saturated carbocycles. The van der Waals surface area contributed by atoms with Gasteiger partial charge in [0.05, 0.1) is 73.6 Å². The Bertz CT molecular complexity index is 2210. The standard InChI is InChI=1S/C48H55N3O12S/c1-3-43(53)60-29-9-5-4-8-28-59-37-20-22-38(23-21-37)61-45(55)33-16-18-34(19-17-33)46(56)62-39-24-25-41(63-47(57)35-14-12-32(13-15-35)44(54)58-2)36(30-39)31-49-51(26-27-52)48-50-40-10-6-7-11-42(40)64-48/h3,6-7,10-11,20-25,30-35,52H,1,4-5,8-9,12-19,26-29H2,2H3/b49-31+. The van der Waals surface area contributed by atoms with Crippen molar-refractivity contribution in [3.8, 4) is 23.0 Å². The molecule has 4 aromatic rings. The smallest absolute Gasteiger partial charge is 0.330 e. The van der Waals surface area contributed by atoms with E-state index < -0.39 is 29.7 Å². The Hall–Kier alpha value is -6.13. The molecular formula is C48H55N3O12S. The number of nitrogens with zero attached hydrogens (tertiary/aromatic N) is 3. The zero-order valence-corrected chi connectivity index (χ0v) is 36.8. The van der Waals surface area contributed by atoms with Gasteiger partial charge in [0.15, 0.2) is 0 Å². The molecular weight excluding hydrogens is 843 g/mol. The van der Waals surface area contributed by atoms with Gasteiger partial charge < -0.3 is 33.5 Å². The summed E-state index contributed by atoms with van der Waals surface area (Å²) in [6.07, 6.45) is 9.89. The van der Waals surface area contributed by atoms with Crippen LogP contribution in [0.5, 0.6) is 23.0 Å². The van der Waals surface area contributed by atoms with Gasteiger partial charge in [-0.05, 0) is 132 Å². The third kappa shape index (κ3) is 13.7. The minimum Gasteiger partial charge on any atom is -0.494 e. The van der Waals surface area contributed by atoms with E-state index >= 15 is 0 Å². The van der Waals surface area contributed by atoms with Crippen LogP contribution in [0.2, 0.25) is 0 Å². The van der Waals surface area contributed by atoms with Crippen LogP contribution in [-0.2, 0) is 33.4 Å². The van der Waals surface area contributed by atoms with Gasteiger partial charge in [0, 0.05) is 11.6 Å². The van der Waals surface area contributed by atoms with E-state index in [1.54, 1.807) is 47.5 Å². The number of thiazole rings is 1. The first kappa shape index (κ1) is 47.4. The van der Waals surface area contributed by atoms with E-state index in [4.69, 9.17) is 28.4 Å². The summed E-state index contributed by atoms with van der Waals surface area (Å²) >= 11 is 1.41. The summed E-state index contributed by atoms with van der Waals surface area (Å²) in [7, 11) is 1.36. The monoisotopic (exact) mass is 897 g/mol. The number of methoxy groups -OCH3 is 1. The summed E-state index contributed by atoms with van der Waals surface area (Å²) in [6.45, 7) is 4.23. The first-order valence-corrected chi connectivity index (χ1v) is 22.6. The number of ether oxygens (including phenoxy) is 6. The largest absolute Gasteiger partial charge is 0.494 e. The summed E-state index contributed by atoms with van der Waals surface area (Å²) in [6, 6.07) is 19.2. The minimum absolute atomic E-state index is 0.142. The van der Waals surface area contributed by atoms with E-state index in [9.17, 15) is 29.1 Å². The van der Waals surface area contributed by atoms with Crippen molar-refractivity contribution < 1.29 is 57.5 Å². The molecule has 2 aliphatic rings. The third-order valence-electron chi connectivity index (χ3n) is 11.3. The van der Waals surface area contributed by atoms with Crippen LogP contribution in [0, 0.1) is 23.7 Å². The van der Waals surface area contributed by atoms with Crippen LogP contribution >= 0.6 is 11.3 Å². The normalized spacial score (nSPS) is 18.5. The predicted octanol–water partition coefficient (Wildman–Crippen LogP) is 8.00. The molecule has 0 saturated heterocycles. The van der Waals surface area contributed by atoms with Crippen molar-refractivity contribution in [2.75, 3.05) is 38.5 Å². The number of benzene rings is 3. The number of hydrazone groups is 1. The predicted molar refractivity (Wildman–Crippen MR) is 239 cm³/mol. The number of rotatable bonds is 21. The van der Waals surface area contributed by atoms with Crippen LogP contribution in [-0.4, -0.2) is 79.6 Å². The number of carbonyl (C=O) groups is 5. The van der Waals surface area contributed by atoms with Gasteiger partial charge in [-0.1, -0.05) is 30.0 Å². The summed E-state index contributed by atoms with van der Waals surface area (Å²) in [4.78, 5) is 67.8. The lowest BCUT2D eigenvalue weighted by Gasteiger charge is -2.26. The molecule has 0 spiro atoms. The van der Waals surface area contributed by atoms with Gasteiger partial charge in [-0.2, -0.15) is 5.10 Å². The van der Waals surface area contributed by atoms with E-state index in [0.717, 1.165) is 42.0 Å². The molecule has 1 N–H and O–H groups in total. The van der Waals surface area contributed by atoms with E-state index in [-0.39, 0.29) is 48.4 Å². The fourth-order valence-electron chi connectivity index (χ4n) is 7.65. The first-order valence-electron chi connectivity index (χ1n) is 21.8. The summed E-state index contributed by atoms with van der Waals surface area (Å²) < 4.78 is 34.1. The average Bonchev–Trinajstić information content (AvgIpc) is 3.76. The molecule has 6 rings (SSSR count). The Morgan fingerprint density at radius 1 is 0.734 bits per heavy atom. The molecule has 3 aromatic carbocycles. The molecule has 15 nitrogen and oxygen atoms in total. The van der Waals surface area contributed by atoms with Crippen molar-refractivity contribution in [2.45, 2.75) is 77.0 Å². The molecule has 0 amide bonds. The Morgan fingerprint density at radius 3 is 1.91 bits per heavy atom. The summed E-state index contributed by atoms with van der Waals surface area (Å²) in [5, 5.41) is 16.6. The van der Waals surface area contributed by atoms with Crippen molar-refractivity contribution >= 4 is 62.7 Å². The van der Waals surface area contributed by atoms with Crippen LogP contribution in [0.4, 0.5) is 5.13 Å². The number of hydrogen-bond donors (Lipinski definition) is 1. The molecule has 16 heteroatoms. The van der Waals surface area contributed by atoms with Crippen LogP contribution < -0.4 is 24.0 Å². The van der Waals surface area contributed by atoms with E-state index in [1.807, 2.05) is 24.3 Å². The Balaban J connectivity index is 1.02. The van der Waals surface area contributed by atoms with Gasteiger partial charge in [0.25, 0.3) is 0 Å². The Morgan fingerprint density at radius 2 is 1.30 bits per heavy atom. The van der Waals surface area contributed by atoms with Crippen molar-refractivity contribution in [2.24, 2.45) is 28.8 Å². The maximum Gasteiger partial charge on any atom is 0.330 e. The average molecular weight is 898 g/mol. The van der Waals surface area contributed by atoms with Crippen molar-refractivity contribution in [1.82, 2.24) is 4.98 Å². The van der Waals surface area contributed by atoms with Crippen LogP contribution in [0.25, 0.3) is 10.2 Å². The van der Waals surface area contributed by atoms with Crippen LogP contribution in [0.15, 0.2) is 84.5 Å². The number of esters is 5. The number of aromatic nitrogens is 1. The van der Waals surface area contributed by atoms with Gasteiger partial charge in [-0.15, -0.1) is 0 Å². The number of aliphatic hydroxyl groups excluding tert-OH is 1. The van der Waals surface area contributed by atoms with Crippen LogP contribution in [0.3, 0.4) is 0 Å². The summed E-state index contributed by atoms with van der Waals surface area (Å²) in [5.41, 5.74) is 1.14. The van der Waals surface area contributed by atoms with Crippen LogP contribution in [0.1, 0.15) is 82.6 Å². The maximum atomic E-state index is 13.5. The van der Waals surface area contributed by atoms with Gasteiger partial charge in [0.2, 0.25) is 5.13 Å². The van der Waals surface area contributed by atoms with Gasteiger partial charge in [-0.3, -0.25) is 19.2 Å². The Labute approximate surface area is 376 Å². The van der Waals surface area contributed by atoms with Gasteiger partial charge >= 0.3 is 29.8 Å². The molecule has 1 heterocycles. The Kier molecular flexibility index (Phi) is 17.8. The first-order chi connectivity index (χ1) is 31.1. The number of anilines is 1. The highest BCUT2D eigenvalue weighted by molar-refractivity contribution is 7.22. The SMILES string of the molecule is C=CC(=O)OCCCCCCOc1ccc(OC(=O)C2CCC(C(=O)Oc3ccc(OC(=O)C4CCC(C(=O)OC)CC4)c(/C=N/N(CCO)c4nc5ccccc5s4)c3)CC2)cc1. The highest BCUT2D eigenvalue weighted by Crippen LogP contribution is 2.35. The highest BCUT2D eigenvalue weighted by Gasteiger charge is 2.34. The summed E-state index contributed by atoms with van der Waals surface area (Å²) in [5.74, 6) is -1.91. The molecule has 0 atom stereocenters. The molecule has 2 fully saturated rings. The fraction of sp³-hybridized carbons (Fsp3) is 0.438. The number of carbonyl (C=O) groups excluding carboxylic acids is 5. The van der Waals surface area contributed by atoms with Crippen molar-refractivity contribution in [3.05, 3.63) is 84.9 Å². The van der Waals surface area contributed by atoms with Gasteiger partial charge in [0.1, 0.15) is 23.0 Å². The molecule has 1 aromatic heterocycles. The van der Waals surface area contributed by atoms with E-state index in [1.165, 1.54) is 24.7 Å². The molecule has 0 bridgehead atoms. The molecule has 0 radical (unpaired) electrons. The zero-order valence-electron chi connectivity index (χ0n) is 36.0. The second kappa shape index (κ2) is 24.1. The third-order valence-corrected chi connectivity index (χ3v) is 12.4. The zero-order chi connectivity index (χ0) is 45.3. The topological polar surface area (TPSA) is 189 Å². The van der Waals surface area contributed by atoms with E-state index in [2.05, 4.69) is 16.7 Å². The highest BCUT2D eigenvalue weighted by atomic mass is 32.1. The lowest BCUT2D eigenvalue weighted by Crippen LogP contribution is -2.30. The second-order valence-electron chi connectivity index (χ2n) is 15.7. The minimum atomic E-state index is -0.442. The van der Waals surface area contributed by atoms with Crippen molar-refractivity contribution in [3.63, 3.8) is 0 Å². The number of para-hydroxylation sites is 1. The molecule has 340 valence electrons.